The van der Waals surface area contributed by atoms with E-state index < -0.39 is 0 Å². The molecule has 1 atom stereocenters. The molecule has 5 nitrogen and oxygen atoms in total. The summed E-state index contributed by atoms with van der Waals surface area (Å²) in [7, 11) is 1.65. The molecule has 0 aliphatic carbocycles. The number of nitrogens with zero attached hydrogens (tertiary/aromatic N) is 1. The summed E-state index contributed by atoms with van der Waals surface area (Å²) in [6.45, 7) is 15.2. The van der Waals surface area contributed by atoms with Crippen LogP contribution < -0.4 is 4.74 Å². The minimum atomic E-state index is -0.304. The molecule has 0 amide bonds. The van der Waals surface area contributed by atoms with Gasteiger partial charge in [-0.25, -0.2) is 0 Å². The number of phenols is 1. The fourth-order valence-electron chi connectivity index (χ4n) is 4.84. The van der Waals surface area contributed by atoms with Crippen molar-refractivity contribution in [3.63, 3.8) is 0 Å². The second kappa shape index (κ2) is 10.5. The van der Waals surface area contributed by atoms with Crippen LogP contribution in [0.25, 0.3) is 6.08 Å². The van der Waals surface area contributed by atoms with Crippen molar-refractivity contribution in [1.29, 1.82) is 5.41 Å². The third-order valence-corrected chi connectivity index (χ3v) is 6.93. The third-order valence-electron chi connectivity index (χ3n) is 6.93. The first-order chi connectivity index (χ1) is 16.8. The van der Waals surface area contributed by atoms with E-state index in [2.05, 4.69) is 13.0 Å². The molecular formula is C31H42N2O3. The van der Waals surface area contributed by atoms with Crippen LogP contribution in [0.15, 0.2) is 42.0 Å². The molecular weight excluding hydrogens is 448 g/mol. The number of nitrogens with one attached hydrogen (secondary N) is 1. The Hall–Kier alpha value is -3.08. The molecule has 3 rings (SSSR count). The first-order valence-corrected chi connectivity index (χ1v) is 12.9. The lowest BCUT2D eigenvalue weighted by atomic mass is 9.78. The Balaban J connectivity index is 1.92. The van der Waals surface area contributed by atoms with Gasteiger partial charge in [0, 0.05) is 29.2 Å². The van der Waals surface area contributed by atoms with Gasteiger partial charge in [-0.2, -0.15) is 0 Å². The summed E-state index contributed by atoms with van der Waals surface area (Å²) in [6, 6.07) is 11.5. The highest BCUT2D eigenvalue weighted by Gasteiger charge is 2.34. The number of aromatic hydroxyl groups is 1. The zero-order valence-electron chi connectivity index (χ0n) is 23.2. The lowest BCUT2D eigenvalue weighted by Gasteiger charge is -2.28. The van der Waals surface area contributed by atoms with Crippen molar-refractivity contribution < 1.29 is 14.6 Å². The molecule has 194 valence electrons. The van der Waals surface area contributed by atoms with Gasteiger partial charge in [-0.3, -0.25) is 10.2 Å². The summed E-state index contributed by atoms with van der Waals surface area (Å²) in [5.41, 5.74) is 3.54. The summed E-state index contributed by atoms with van der Waals surface area (Å²) in [5, 5.41) is 19.9. The Bertz CT molecular complexity index is 1110. The van der Waals surface area contributed by atoms with Crippen LogP contribution in [0, 0.1) is 11.3 Å². The van der Waals surface area contributed by atoms with E-state index in [4.69, 9.17) is 10.1 Å². The molecule has 1 aliphatic rings. The normalized spacial score (nSPS) is 17.7. The maximum Gasteiger partial charge on any atom is 0.182 e. The monoisotopic (exact) mass is 490 g/mol. The molecule has 1 aliphatic heterocycles. The quantitative estimate of drug-likeness (QED) is 0.411. The van der Waals surface area contributed by atoms with E-state index in [0.717, 1.165) is 40.9 Å². The zero-order valence-corrected chi connectivity index (χ0v) is 23.2. The number of rotatable bonds is 7. The van der Waals surface area contributed by atoms with Gasteiger partial charge in [-0.05, 0) is 58.7 Å². The van der Waals surface area contributed by atoms with Crippen molar-refractivity contribution in [2.24, 2.45) is 5.92 Å². The van der Waals surface area contributed by atoms with Gasteiger partial charge in [0.1, 0.15) is 17.3 Å². The largest absolute Gasteiger partial charge is 0.507 e. The van der Waals surface area contributed by atoms with Gasteiger partial charge in [-0.15, -0.1) is 0 Å². The number of amidine groups is 1. The van der Waals surface area contributed by atoms with Crippen molar-refractivity contribution in [2.45, 2.75) is 72.1 Å². The minimum Gasteiger partial charge on any atom is -0.507 e. The van der Waals surface area contributed by atoms with E-state index in [9.17, 15) is 9.90 Å². The second-order valence-corrected chi connectivity index (χ2v) is 11.9. The van der Waals surface area contributed by atoms with Crippen LogP contribution in [0.4, 0.5) is 0 Å². The lowest BCUT2D eigenvalue weighted by molar-refractivity contribution is 0.0963. The Morgan fingerprint density at radius 3 is 2.11 bits per heavy atom. The predicted molar refractivity (Wildman–Crippen MR) is 149 cm³/mol. The number of hydrogen-bond acceptors (Lipinski definition) is 4. The Labute approximate surface area is 216 Å². The number of ether oxygens (including phenoxy) is 1. The van der Waals surface area contributed by atoms with Crippen LogP contribution in [0.3, 0.4) is 0 Å². The van der Waals surface area contributed by atoms with Crippen LogP contribution in [0.5, 0.6) is 11.5 Å². The van der Waals surface area contributed by atoms with Crippen LogP contribution in [-0.4, -0.2) is 41.8 Å². The minimum absolute atomic E-state index is 0.0308. The number of benzene rings is 2. The topological polar surface area (TPSA) is 73.6 Å². The summed E-state index contributed by atoms with van der Waals surface area (Å²) in [6.07, 6.45) is 4.06. The van der Waals surface area contributed by atoms with Gasteiger partial charge in [0.25, 0.3) is 0 Å². The summed E-state index contributed by atoms with van der Waals surface area (Å²) >= 11 is 0. The molecule has 1 heterocycles. The highest BCUT2D eigenvalue weighted by Crippen LogP contribution is 2.40. The first-order valence-electron chi connectivity index (χ1n) is 12.9. The molecule has 5 heteroatoms. The number of carbonyl (C=O) groups excluding carboxylic acids is 1. The molecule has 0 aromatic heterocycles. The number of carbonyl (C=O) groups is 1. The van der Waals surface area contributed by atoms with E-state index in [-0.39, 0.29) is 34.8 Å². The van der Waals surface area contributed by atoms with Gasteiger partial charge in [0.05, 0.1) is 13.7 Å². The van der Waals surface area contributed by atoms with Crippen LogP contribution in [-0.2, 0) is 10.8 Å². The van der Waals surface area contributed by atoms with Crippen molar-refractivity contribution in [1.82, 2.24) is 4.90 Å². The van der Waals surface area contributed by atoms with Gasteiger partial charge >= 0.3 is 0 Å². The Morgan fingerprint density at radius 2 is 1.64 bits per heavy atom. The van der Waals surface area contributed by atoms with Gasteiger partial charge in [-0.1, -0.05) is 67.0 Å². The highest BCUT2D eigenvalue weighted by molar-refractivity contribution is 6.06. The average molecular weight is 491 g/mol. The first kappa shape index (κ1) is 27.5. The molecule has 1 unspecified atom stereocenters. The van der Waals surface area contributed by atoms with Crippen LogP contribution in [0.1, 0.15) is 88.4 Å². The number of Topliss-reactive ketones (excluding diaryl/α,β-unsaturated/α-hetero) is 1. The average Bonchev–Trinajstić information content (AvgIpc) is 3.07. The zero-order chi connectivity index (χ0) is 26.8. The fourth-order valence-corrected chi connectivity index (χ4v) is 4.84. The molecule has 0 saturated carbocycles. The van der Waals surface area contributed by atoms with E-state index in [1.165, 1.54) is 0 Å². The number of ketones is 1. The predicted octanol–water partition coefficient (Wildman–Crippen LogP) is 6.97. The summed E-state index contributed by atoms with van der Waals surface area (Å²) in [5.74, 6) is 1.68. The number of hydrogen-bond donors (Lipinski definition) is 2. The second-order valence-electron chi connectivity index (χ2n) is 11.9. The standard InChI is InChI=1S/C31H42N2O3/c1-9-10-21-18-33(29(32)24(21)15-20-11-13-23(36-8)14-12-20)19-27(34)22-16-25(30(2,3)4)28(35)26(17-22)31(5,6)7/h11-17,21,32,35H,9-10,18-19H2,1-8H3. The van der Waals surface area contributed by atoms with Gasteiger partial charge in [0.15, 0.2) is 5.78 Å². The Kier molecular flexibility index (Phi) is 8.02. The molecule has 1 fully saturated rings. The van der Waals surface area contributed by atoms with E-state index >= 15 is 0 Å². The molecule has 0 bridgehead atoms. The van der Waals surface area contributed by atoms with Crippen molar-refractivity contribution >= 4 is 17.7 Å². The van der Waals surface area contributed by atoms with Crippen LogP contribution >= 0.6 is 0 Å². The van der Waals surface area contributed by atoms with Gasteiger partial charge < -0.3 is 14.7 Å². The third kappa shape index (κ3) is 6.00. The summed E-state index contributed by atoms with van der Waals surface area (Å²) < 4.78 is 5.26. The number of likely N-dealkylation sites (tertiary alicyclic amines) is 1. The molecule has 2 aromatic rings. The van der Waals surface area contributed by atoms with Crippen molar-refractivity contribution in [3.8, 4) is 11.5 Å². The maximum atomic E-state index is 13.6. The molecule has 0 spiro atoms. The van der Waals surface area contributed by atoms with E-state index in [1.54, 1.807) is 7.11 Å². The Morgan fingerprint density at radius 1 is 1.08 bits per heavy atom. The van der Waals surface area contributed by atoms with Crippen LogP contribution in [0.2, 0.25) is 0 Å². The van der Waals surface area contributed by atoms with Gasteiger partial charge in [0.2, 0.25) is 0 Å². The fraction of sp³-hybridized carbons (Fsp3) is 0.484. The summed E-state index contributed by atoms with van der Waals surface area (Å²) in [4.78, 5) is 15.5. The number of methoxy groups -OCH3 is 1. The lowest BCUT2D eigenvalue weighted by Crippen LogP contribution is -2.31. The number of phenolic OH excluding ortho intramolecular Hbond substituents is 1. The SMILES string of the molecule is CCCC1CN(CC(=O)c2cc(C(C)(C)C)c(O)c(C(C)(C)C)c2)C(=N)C1=Cc1ccc(OC)cc1. The molecule has 2 aromatic carbocycles. The molecule has 36 heavy (non-hydrogen) atoms. The highest BCUT2D eigenvalue weighted by atomic mass is 16.5. The smallest absolute Gasteiger partial charge is 0.182 e. The molecule has 1 saturated heterocycles. The van der Waals surface area contributed by atoms with Crippen molar-refractivity contribution in [3.05, 3.63) is 64.2 Å². The molecule has 0 radical (unpaired) electrons. The van der Waals surface area contributed by atoms with Crippen molar-refractivity contribution in [2.75, 3.05) is 20.2 Å². The molecule has 2 N–H and O–H groups in total. The maximum absolute atomic E-state index is 13.6. The van der Waals surface area contributed by atoms with E-state index in [1.807, 2.05) is 82.8 Å². The van der Waals surface area contributed by atoms with E-state index in [0.29, 0.717) is 17.9 Å².